The number of ketones is 1. The molecule has 2 heterocycles. The van der Waals surface area contributed by atoms with E-state index < -0.39 is 18.1 Å². The normalized spacial score (nSPS) is 15.4. The Morgan fingerprint density at radius 1 is 1.16 bits per heavy atom. The number of Topliss-reactive ketones (excluding diaryl/α,β-unsaturated/α-hetero) is 1. The molecule has 0 saturated carbocycles. The third-order valence-electron chi connectivity index (χ3n) is 5.15. The van der Waals surface area contributed by atoms with Crippen LogP contribution in [0.5, 0.6) is 0 Å². The maximum absolute atomic E-state index is 12.9. The zero-order chi connectivity index (χ0) is 22.0. The lowest BCUT2D eigenvalue weighted by molar-refractivity contribution is -0.122. The van der Waals surface area contributed by atoms with E-state index in [0.717, 1.165) is 10.6 Å². The number of hydrogen-bond acceptors (Lipinski definition) is 4. The maximum Gasteiger partial charge on any atom is 0.343 e. The average Bonchev–Trinajstić information content (AvgIpc) is 3.38. The summed E-state index contributed by atoms with van der Waals surface area (Å²) in [6, 6.07) is 12.5. The molecule has 3 N–H and O–H groups in total. The van der Waals surface area contributed by atoms with Crippen molar-refractivity contribution in [2.45, 2.75) is 25.3 Å². The molecule has 1 unspecified atom stereocenters. The highest BCUT2D eigenvalue weighted by atomic mass is 35.5. The SMILES string of the molecule is NC(=O)n1cc(NC(=O)N2N=CCC2C(=O)CCc2cccc(Cl)c2)c2ccccc21. The lowest BCUT2D eigenvalue weighted by atomic mass is 10.0. The van der Waals surface area contributed by atoms with Crippen LogP contribution < -0.4 is 11.1 Å². The van der Waals surface area contributed by atoms with Crippen molar-refractivity contribution in [1.82, 2.24) is 9.58 Å². The molecule has 0 bridgehead atoms. The van der Waals surface area contributed by atoms with E-state index in [9.17, 15) is 14.4 Å². The number of para-hydroxylation sites is 1. The highest BCUT2D eigenvalue weighted by molar-refractivity contribution is 6.30. The van der Waals surface area contributed by atoms with Crippen LogP contribution in [0, 0.1) is 0 Å². The van der Waals surface area contributed by atoms with Gasteiger partial charge in [0.1, 0.15) is 6.04 Å². The summed E-state index contributed by atoms with van der Waals surface area (Å²) in [5.41, 5.74) is 7.36. The first-order valence-electron chi connectivity index (χ1n) is 9.74. The molecule has 3 amide bonds. The van der Waals surface area contributed by atoms with E-state index >= 15 is 0 Å². The van der Waals surface area contributed by atoms with Crippen LogP contribution in [0.3, 0.4) is 0 Å². The number of hydrazone groups is 1. The second-order valence-electron chi connectivity index (χ2n) is 7.19. The molecule has 9 heteroatoms. The van der Waals surface area contributed by atoms with Crippen molar-refractivity contribution in [2.24, 2.45) is 10.8 Å². The molecular weight excluding hydrogens is 418 g/mol. The fourth-order valence-electron chi connectivity index (χ4n) is 3.64. The number of hydrogen-bond donors (Lipinski definition) is 2. The van der Waals surface area contributed by atoms with Gasteiger partial charge in [0.15, 0.2) is 5.78 Å². The van der Waals surface area contributed by atoms with Crippen molar-refractivity contribution in [3.05, 3.63) is 65.3 Å². The maximum atomic E-state index is 12.9. The number of amides is 3. The first-order chi connectivity index (χ1) is 14.9. The summed E-state index contributed by atoms with van der Waals surface area (Å²) in [4.78, 5) is 37.4. The number of carbonyl (C=O) groups excluding carboxylic acids is 3. The quantitative estimate of drug-likeness (QED) is 0.629. The van der Waals surface area contributed by atoms with E-state index in [1.54, 1.807) is 36.5 Å². The van der Waals surface area contributed by atoms with Crippen molar-refractivity contribution in [3.63, 3.8) is 0 Å². The Labute approximate surface area is 183 Å². The zero-order valence-corrected chi connectivity index (χ0v) is 17.2. The van der Waals surface area contributed by atoms with Crippen molar-refractivity contribution in [2.75, 3.05) is 5.32 Å². The van der Waals surface area contributed by atoms with E-state index in [0.29, 0.717) is 34.5 Å². The zero-order valence-electron chi connectivity index (χ0n) is 16.5. The van der Waals surface area contributed by atoms with Crippen LogP contribution in [0.25, 0.3) is 10.9 Å². The summed E-state index contributed by atoms with van der Waals surface area (Å²) in [7, 11) is 0. The summed E-state index contributed by atoms with van der Waals surface area (Å²) in [5, 5.41) is 9.24. The molecule has 31 heavy (non-hydrogen) atoms. The number of urea groups is 1. The molecule has 0 aliphatic carbocycles. The van der Waals surface area contributed by atoms with Gasteiger partial charge in [-0.3, -0.25) is 9.36 Å². The van der Waals surface area contributed by atoms with E-state index in [1.807, 2.05) is 18.2 Å². The van der Waals surface area contributed by atoms with E-state index in [2.05, 4.69) is 10.4 Å². The van der Waals surface area contributed by atoms with Gasteiger partial charge >= 0.3 is 12.1 Å². The average molecular weight is 438 g/mol. The molecule has 1 aliphatic heterocycles. The van der Waals surface area contributed by atoms with Crippen LogP contribution >= 0.6 is 11.6 Å². The van der Waals surface area contributed by atoms with Gasteiger partial charge in [-0.2, -0.15) is 5.10 Å². The molecular formula is C22H20ClN5O3. The van der Waals surface area contributed by atoms with Gasteiger partial charge in [0, 0.05) is 35.7 Å². The fourth-order valence-corrected chi connectivity index (χ4v) is 3.85. The first-order valence-corrected chi connectivity index (χ1v) is 10.1. The summed E-state index contributed by atoms with van der Waals surface area (Å²) in [5.74, 6) is -0.0906. The molecule has 1 atom stereocenters. The number of nitrogens with two attached hydrogens (primary N) is 1. The molecule has 1 aromatic heterocycles. The minimum absolute atomic E-state index is 0.0906. The molecule has 1 aliphatic rings. The van der Waals surface area contributed by atoms with Crippen LogP contribution in [0.15, 0.2) is 59.8 Å². The topological polar surface area (TPSA) is 110 Å². The minimum atomic E-state index is -0.677. The summed E-state index contributed by atoms with van der Waals surface area (Å²) >= 11 is 6.00. The highest BCUT2D eigenvalue weighted by Gasteiger charge is 2.32. The standard InChI is InChI=1S/C22H20ClN5O3/c23-15-5-3-4-14(12-15)8-9-20(29)19-10-11-25-28(19)22(31)26-17-13-27(21(24)30)18-7-2-1-6-16(17)18/h1-7,11-13,19H,8-10H2,(H2,24,30)(H,26,31). The first kappa shape index (κ1) is 20.6. The summed E-state index contributed by atoms with van der Waals surface area (Å²) < 4.78 is 1.26. The number of benzene rings is 2. The molecule has 0 radical (unpaired) electrons. The van der Waals surface area contributed by atoms with Crippen LogP contribution in [0.2, 0.25) is 5.02 Å². The van der Waals surface area contributed by atoms with E-state index in [1.165, 1.54) is 10.8 Å². The number of rotatable bonds is 5. The van der Waals surface area contributed by atoms with Crippen molar-refractivity contribution < 1.29 is 14.4 Å². The number of anilines is 1. The lowest BCUT2D eigenvalue weighted by Gasteiger charge is -2.21. The minimum Gasteiger partial charge on any atom is -0.351 e. The predicted molar refractivity (Wildman–Crippen MR) is 119 cm³/mol. The van der Waals surface area contributed by atoms with E-state index in [-0.39, 0.29) is 12.2 Å². The molecule has 0 saturated heterocycles. The number of primary amides is 1. The van der Waals surface area contributed by atoms with Crippen molar-refractivity contribution in [1.29, 1.82) is 0 Å². The Hall–Kier alpha value is -3.65. The largest absolute Gasteiger partial charge is 0.351 e. The van der Waals surface area contributed by atoms with Gasteiger partial charge in [-0.25, -0.2) is 14.6 Å². The van der Waals surface area contributed by atoms with Gasteiger partial charge < -0.3 is 11.1 Å². The van der Waals surface area contributed by atoms with Gasteiger partial charge in [-0.05, 0) is 30.2 Å². The van der Waals surface area contributed by atoms with Gasteiger partial charge in [0.25, 0.3) is 0 Å². The second-order valence-corrected chi connectivity index (χ2v) is 7.63. The second kappa shape index (κ2) is 8.61. The predicted octanol–water partition coefficient (Wildman–Crippen LogP) is 4.02. The fraction of sp³-hybridized carbons (Fsp3) is 0.182. The molecule has 0 spiro atoms. The van der Waals surface area contributed by atoms with E-state index in [4.69, 9.17) is 17.3 Å². The lowest BCUT2D eigenvalue weighted by Crippen LogP contribution is -2.41. The number of aryl methyl sites for hydroxylation is 1. The third kappa shape index (κ3) is 4.29. The number of halogens is 1. The molecule has 0 fully saturated rings. The van der Waals surface area contributed by atoms with Crippen LogP contribution in [0.1, 0.15) is 18.4 Å². The van der Waals surface area contributed by atoms with Crippen LogP contribution in [-0.2, 0) is 11.2 Å². The van der Waals surface area contributed by atoms with Gasteiger partial charge in [0.05, 0.1) is 11.2 Å². The Balaban J connectivity index is 1.47. The van der Waals surface area contributed by atoms with Crippen LogP contribution in [0.4, 0.5) is 15.3 Å². The summed E-state index contributed by atoms with van der Waals surface area (Å²) in [6.45, 7) is 0. The number of nitrogens with one attached hydrogen (secondary N) is 1. The number of aromatic nitrogens is 1. The Kier molecular flexibility index (Phi) is 5.73. The van der Waals surface area contributed by atoms with Crippen LogP contribution in [-0.4, -0.2) is 39.7 Å². The molecule has 158 valence electrons. The van der Waals surface area contributed by atoms with Crippen molar-refractivity contribution >= 4 is 52.3 Å². The molecule has 8 nitrogen and oxygen atoms in total. The number of carbonyl (C=O) groups is 3. The third-order valence-corrected chi connectivity index (χ3v) is 5.38. The Morgan fingerprint density at radius 3 is 2.74 bits per heavy atom. The summed E-state index contributed by atoms with van der Waals surface area (Å²) in [6.07, 6.45) is 4.15. The monoisotopic (exact) mass is 437 g/mol. The number of nitrogens with zero attached hydrogens (tertiary/aromatic N) is 3. The van der Waals surface area contributed by atoms with Crippen molar-refractivity contribution in [3.8, 4) is 0 Å². The number of fused-ring (bicyclic) bond motifs is 1. The Morgan fingerprint density at radius 2 is 1.97 bits per heavy atom. The smallest absolute Gasteiger partial charge is 0.343 e. The molecule has 2 aromatic carbocycles. The highest BCUT2D eigenvalue weighted by Crippen LogP contribution is 2.27. The molecule has 4 rings (SSSR count). The molecule has 3 aromatic rings. The van der Waals surface area contributed by atoms with Gasteiger partial charge in [0.2, 0.25) is 0 Å². The Bertz CT molecular complexity index is 1200. The van der Waals surface area contributed by atoms with Gasteiger partial charge in [-0.15, -0.1) is 0 Å². The van der Waals surface area contributed by atoms with Gasteiger partial charge in [-0.1, -0.05) is 41.9 Å².